The van der Waals surface area contributed by atoms with Crippen LogP contribution in [0.5, 0.6) is 5.75 Å². The maximum absolute atomic E-state index is 14.3. The zero-order valence-corrected chi connectivity index (χ0v) is 17.0. The highest BCUT2D eigenvalue weighted by Crippen LogP contribution is 2.39. The Bertz CT molecular complexity index is 801. The Hall–Kier alpha value is -1.86. The molecule has 1 radical (unpaired) electrons. The van der Waals surface area contributed by atoms with Gasteiger partial charge in [0.2, 0.25) is 9.04 Å². The minimum absolute atomic E-state index is 0.0537. The minimum Gasteiger partial charge on any atom is -0.496 e. The van der Waals surface area contributed by atoms with Crippen LogP contribution in [0.3, 0.4) is 0 Å². The van der Waals surface area contributed by atoms with Crippen LogP contribution in [-0.4, -0.2) is 16.2 Å². The third kappa shape index (κ3) is 5.10. The van der Waals surface area contributed by atoms with Crippen LogP contribution in [-0.2, 0) is 17.2 Å². The lowest BCUT2D eigenvalue weighted by Gasteiger charge is -2.19. The summed E-state index contributed by atoms with van der Waals surface area (Å²) in [6.45, 7) is 7.58. The Balaban J connectivity index is 2.67. The molecule has 0 N–H and O–H groups in total. The molecule has 147 valence electrons. The van der Waals surface area contributed by atoms with Crippen molar-refractivity contribution in [2.24, 2.45) is 0 Å². The highest BCUT2D eigenvalue weighted by atomic mass is 28.3. The molecule has 2 rings (SSSR count). The van der Waals surface area contributed by atoms with Crippen molar-refractivity contribution in [3.05, 3.63) is 52.8 Å². The Labute approximate surface area is 158 Å². The largest absolute Gasteiger partial charge is 0.496 e. The molecule has 0 heterocycles. The van der Waals surface area contributed by atoms with Gasteiger partial charge in [0, 0.05) is 11.6 Å². The lowest BCUT2D eigenvalue weighted by atomic mass is 9.92. The van der Waals surface area contributed by atoms with Gasteiger partial charge in [-0.3, -0.25) is 0 Å². The molecule has 27 heavy (non-hydrogen) atoms. The van der Waals surface area contributed by atoms with E-state index in [4.69, 9.17) is 9.16 Å². The van der Waals surface area contributed by atoms with Gasteiger partial charge in [-0.15, -0.1) is 0 Å². The SMILES string of the molecule is COc1cc(F)c(C(C)C)cc1-c1ccc(C(F)(F)F)cc1CO[Si](C)C. The number of alkyl halides is 3. The Morgan fingerprint density at radius 2 is 1.70 bits per heavy atom. The minimum atomic E-state index is -4.45. The number of hydrogen-bond donors (Lipinski definition) is 0. The molecule has 2 aromatic carbocycles. The van der Waals surface area contributed by atoms with Gasteiger partial charge >= 0.3 is 6.18 Å². The molecule has 0 amide bonds. The molecule has 2 aromatic rings. The Morgan fingerprint density at radius 3 is 2.22 bits per heavy atom. The lowest BCUT2D eigenvalue weighted by molar-refractivity contribution is -0.137. The molecule has 0 saturated carbocycles. The van der Waals surface area contributed by atoms with E-state index in [1.165, 1.54) is 19.2 Å². The second kappa shape index (κ2) is 8.44. The van der Waals surface area contributed by atoms with Gasteiger partial charge in [0.1, 0.15) is 11.6 Å². The number of benzene rings is 2. The maximum atomic E-state index is 14.3. The summed E-state index contributed by atoms with van der Waals surface area (Å²) in [6.07, 6.45) is -4.45. The van der Waals surface area contributed by atoms with Gasteiger partial charge in [-0.1, -0.05) is 19.9 Å². The summed E-state index contributed by atoms with van der Waals surface area (Å²) in [4.78, 5) is 0. The van der Waals surface area contributed by atoms with Gasteiger partial charge in [-0.05, 0) is 53.9 Å². The normalized spacial score (nSPS) is 12.1. The summed E-state index contributed by atoms with van der Waals surface area (Å²) < 4.78 is 64.7. The van der Waals surface area contributed by atoms with Crippen LogP contribution in [0.4, 0.5) is 17.6 Å². The first-order valence-corrected chi connectivity index (χ1v) is 11.0. The fraction of sp³-hybridized carbons (Fsp3) is 0.400. The molecule has 0 spiro atoms. The second-order valence-electron chi connectivity index (χ2n) is 6.80. The van der Waals surface area contributed by atoms with Gasteiger partial charge in [0.05, 0.1) is 19.3 Å². The molecule has 0 bridgehead atoms. The van der Waals surface area contributed by atoms with E-state index in [-0.39, 0.29) is 18.3 Å². The number of ether oxygens (including phenoxy) is 1. The predicted octanol–water partition coefficient (Wildman–Crippen LogP) is 6.41. The first-order valence-electron chi connectivity index (χ1n) is 8.55. The third-order valence-corrected chi connectivity index (χ3v) is 4.90. The van der Waals surface area contributed by atoms with E-state index in [2.05, 4.69) is 0 Å². The van der Waals surface area contributed by atoms with E-state index in [9.17, 15) is 17.6 Å². The fourth-order valence-electron chi connectivity index (χ4n) is 2.77. The number of methoxy groups -OCH3 is 1. The van der Waals surface area contributed by atoms with Crippen LogP contribution in [0.25, 0.3) is 11.1 Å². The van der Waals surface area contributed by atoms with Crippen molar-refractivity contribution in [2.75, 3.05) is 7.11 Å². The van der Waals surface area contributed by atoms with E-state index in [1.54, 1.807) is 6.07 Å². The molecule has 0 aliphatic rings. The fourth-order valence-corrected chi connectivity index (χ4v) is 3.21. The van der Waals surface area contributed by atoms with Crippen molar-refractivity contribution in [2.45, 2.75) is 45.6 Å². The van der Waals surface area contributed by atoms with Crippen LogP contribution in [0, 0.1) is 5.82 Å². The van der Waals surface area contributed by atoms with Crippen molar-refractivity contribution >= 4 is 9.04 Å². The summed E-state index contributed by atoms with van der Waals surface area (Å²) >= 11 is 0. The predicted molar refractivity (Wildman–Crippen MR) is 99.8 cm³/mol. The summed E-state index contributed by atoms with van der Waals surface area (Å²) in [5, 5.41) is 0. The van der Waals surface area contributed by atoms with Crippen LogP contribution in [0.1, 0.15) is 36.5 Å². The molecule has 7 heteroatoms. The smallest absolute Gasteiger partial charge is 0.416 e. The van der Waals surface area contributed by atoms with Gasteiger partial charge in [0.25, 0.3) is 0 Å². The first-order chi connectivity index (χ1) is 12.5. The molecular weight excluding hydrogens is 376 g/mol. The average Bonchev–Trinajstić information content (AvgIpc) is 2.58. The van der Waals surface area contributed by atoms with Gasteiger partial charge in [-0.25, -0.2) is 4.39 Å². The number of rotatable bonds is 6. The summed E-state index contributed by atoms with van der Waals surface area (Å²) in [6, 6.07) is 6.45. The van der Waals surface area contributed by atoms with E-state index in [0.717, 1.165) is 12.1 Å². The quantitative estimate of drug-likeness (QED) is 0.413. The topological polar surface area (TPSA) is 18.5 Å². The van der Waals surface area contributed by atoms with Crippen LogP contribution < -0.4 is 4.74 Å². The van der Waals surface area contributed by atoms with Crippen molar-refractivity contribution in [3.63, 3.8) is 0 Å². The number of halogens is 4. The monoisotopic (exact) mass is 399 g/mol. The van der Waals surface area contributed by atoms with Gasteiger partial charge < -0.3 is 9.16 Å². The third-order valence-electron chi connectivity index (χ3n) is 4.18. The van der Waals surface area contributed by atoms with E-state index in [1.807, 2.05) is 26.9 Å². The summed E-state index contributed by atoms with van der Waals surface area (Å²) in [5.41, 5.74) is 1.24. The lowest BCUT2D eigenvalue weighted by Crippen LogP contribution is -2.11. The Morgan fingerprint density at radius 1 is 1.04 bits per heavy atom. The van der Waals surface area contributed by atoms with Gasteiger partial charge in [0.15, 0.2) is 0 Å². The number of hydrogen-bond acceptors (Lipinski definition) is 2. The molecule has 2 nitrogen and oxygen atoms in total. The van der Waals surface area contributed by atoms with Crippen molar-refractivity contribution in [1.29, 1.82) is 0 Å². The van der Waals surface area contributed by atoms with Gasteiger partial charge in [-0.2, -0.15) is 13.2 Å². The molecule has 0 unspecified atom stereocenters. The molecular formula is C20H23F4O2Si. The van der Waals surface area contributed by atoms with Crippen LogP contribution in [0.15, 0.2) is 30.3 Å². The zero-order valence-electron chi connectivity index (χ0n) is 16.0. The van der Waals surface area contributed by atoms with E-state index < -0.39 is 26.6 Å². The van der Waals surface area contributed by atoms with E-state index >= 15 is 0 Å². The summed E-state index contributed by atoms with van der Waals surface area (Å²) in [7, 11) is 0.316. The van der Waals surface area contributed by atoms with Crippen molar-refractivity contribution in [3.8, 4) is 16.9 Å². The molecule has 0 saturated heterocycles. The molecule has 0 aliphatic carbocycles. The van der Waals surface area contributed by atoms with Crippen LogP contribution in [0.2, 0.25) is 13.1 Å². The van der Waals surface area contributed by atoms with Crippen LogP contribution >= 0.6 is 0 Å². The summed E-state index contributed by atoms with van der Waals surface area (Å²) in [5.74, 6) is -0.204. The maximum Gasteiger partial charge on any atom is 0.416 e. The molecule has 0 fully saturated rings. The molecule has 0 atom stereocenters. The zero-order chi connectivity index (χ0) is 20.4. The van der Waals surface area contributed by atoms with Crippen molar-refractivity contribution in [1.82, 2.24) is 0 Å². The standard InChI is InChI=1S/C20H23F4O2Si/c1-12(2)16-9-17(19(25-3)10-18(16)21)15-7-6-14(20(22,23)24)8-13(15)11-26-27(4)5/h6-10,12H,11H2,1-5H3. The first kappa shape index (κ1) is 21.4. The highest BCUT2D eigenvalue weighted by molar-refractivity contribution is 6.48. The van der Waals surface area contributed by atoms with E-state index in [0.29, 0.717) is 22.3 Å². The average molecular weight is 399 g/mol. The highest BCUT2D eigenvalue weighted by Gasteiger charge is 2.31. The molecule has 0 aliphatic heterocycles. The second-order valence-corrected chi connectivity index (χ2v) is 8.90. The van der Waals surface area contributed by atoms with Crippen molar-refractivity contribution < 1.29 is 26.7 Å². The molecule has 0 aromatic heterocycles. The Kier molecular flexibility index (Phi) is 6.70.